The quantitative estimate of drug-likeness (QED) is 0.488. The molecule has 3 nitrogen and oxygen atoms in total. The molecule has 0 N–H and O–H groups in total. The van der Waals surface area contributed by atoms with Gasteiger partial charge in [0.15, 0.2) is 0 Å². The number of carbonyl (C=O) groups excluding carboxylic acids is 1. The van der Waals surface area contributed by atoms with Gasteiger partial charge in [0.2, 0.25) is 0 Å². The van der Waals surface area contributed by atoms with E-state index >= 15 is 0 Å². The van der Waals surface area contributed by atoms with Crippen molar-refractivity contribution in [3.05, 3.63) is 89.4 Å². The third kappa shape index (κ3) is 3.93. The summed E-state index contributed by atoms with van der Waals surface area (Å²) in [4.78, 5) is 14.0. The number of carbonyl (C=O) groups is 1. The van der Waals surface area contributed by atoms with Crippen molar-refractivity contribution < 1.29 is 22.7 Å². The lowest BCUT2D eigenvalue weighted by atomic mass is 9.89. The van der Waals surface area contributed by atoms with Gasteiger partial charge < -0.3 is 9.64 Å². The Labute approximate surface area is 177 Å². The second kappa shape index (κ2) is 8.50. The summed E-state index contributed by atoms with van der Waals surface area (Å²) < 4.78 is 47.8. The lowest BCUT2D eigenvalue weighted by Gasteiger charge is -2.36. The normalized spacial score (nSPS) is 13.5. The van der Waals surface area contributed by atoms with Crippen LogP contribution >= 0.6 is 11.6 Å². The average Bonchev–Trinajstić information content (AvgIpc) is 2.74. The number of likely N-dealkylation sites (N-methyl/N-ethyl adjacent to an activating group) is 1. The molecule has 3 rings (SSSR count). The van der Waals surface area contributed by atoms with Crippen molar-refractivity contribution in [1.29, 1.82) is 0 Å². The zero-order valence-electron chi connectivity index (χ0n) is 16.3. The van der Waals surface area contributed by atoms with Crippen LogP contribution in [0.4, 0.5) is 18.9 Å². The van der Waals surface area contributed by atoms with Crippen molar-refractivity contribution >= 4 is 23.2 Å². The van der Waals surface area contributed by atoms with Crippen molar-refractivity contribution in [3.63, 3.8) is 0 Å². The molecule has 0 aromatic heterocycles. The van der Waals surface area contributed by atoms with Gasteiger partial charge in [-0.25, -0.2) is 0 Å². The van der Waals surface area contributed by atoms with Crippen LogP contribution < -0.4 is 4.90 Å². The van der Waals surface area contributed by atoms with Gasteiger partial charge in [-0.15, -0.1) is 0 Å². The summed E-state index contributed by atoms with van der Waals surface area (Å²) in [5, 5.41) is 0.407. The average molecular weight is 434 g/mol. The Morgan fingerprint density at radius 3 is 1.90 bits per heavy atom. The first kappa shape index (κ1) is 21.9. The Bertz CT molecular complexity index is 1010. The van der Waals surface area contributed by atoms with E-state index in [9.17, 15) is 18.0 Å². The highest BCUT2D eigenvalue weighted by Crippen LogP contribution is 2.44. The molecule has 0 saturated carbocycles. The van der Waals surface area contributed by atoms with E-state index in [0.29, 0.717) is 5.02 Å². The molecule has 3 aromatic rings. The van der Waals surface area contributed by atoms with Crippen LogP contribution in [0.5, 0.6) is 0 Å². The monoisotopic (exact) mass is 433 g/mol. The molecule has 0 aliphatic carbocycles. The maximum Gasteiger partial charge on any atom is 0.430 e. The zero-order chi connectivity index (χ0) is 21.9. The van der Waals surface area contributed by atoms with Gasteiger partial charge >= 0.3 is 6.18 Å². The van der Waals surface area contributed by atoms with E-state index in [-0.39, 0.29) is 11.3 Å². The molecule has 0 heterocycles. The van der Waals surface area contributed by atoms with Gasteiger partial charge in [-0.1, -0.05) is 66.2 Å². The topological polar surface area (TPSA) is 29.5 Å². The number of hydrogen-bond donors (Lipinski definition) is 0. The lowest BCUT2D eigenvalue weighted by Crippen LogP contribution is -2.56. The summed E-state index contributed by atoms with van der Waals surface area (Å²) in [5.41, 5.74) is -1.62. The summed E-state index contributed by atoms with van der Waals surface area (Å²) >= 11 is 5.84. The second-order valence-electron chi connectivity index (χ2n) is 6.67. The molecule has 0 aliphatic heterocycles. The Balaban J connectivity index is 2.06. The van der Waals surface area contributed by atoms with Gasteiger partial charge in [0, 0.05) is 30.4 Å². The van der Waals surface area contributed by atoms with Crippen LogP contribution in [-0.4, -0.2) is 26.2 Å². The Morgan fingerprint density at radius 2 is 1.40 bits per heavy atom. The zero-order valence-corrected chi connectivity index (χ0v) is 17.0. The summed E-state index contributed by atoms with van der Waals surface area (Å²) in [6, 6.07) is 20.8. The molecule has 0 radical (unpaired) electrons. The molecule has 30 heavy (non-hydrogen) atoms. The van der Waals surface area contributed by atoms with Crippen molar-refractivity contribution in [2.75, 3.05) is 19.1 Å². The van der Waals surface area contributed by atoms with Gasteiger partial charge in [-0.3, -0.25) is 4.79 Å². The standard InChI is InChI=1S/C23H19ClF3NO2/c1-28(20-14-12-19(24)13-15-20)21(29)22(30-2,23(25,26)27)18-10-8-17(9-11-18)16-6-4-3-5-7-16/h3-15H,1-2H3. The molecule has 0 spiro atoms. The molecular weight excluding hydrogens is 415 g/mol. The predicted molar refractivity (Wildman–Crippen MR) is 111 cm³/mol. The molecule has 1 unspecified atom stereocenters. The summed E-state index contributed by atoms with van der Waals surface area (Å²) in [6.45, 7) is 0. The number of halogens is 4. The summed E-state index contributed by atoms with van der Waals surface area (Å²) in [5.74, 6) is -1.26. The Morgan fingerprint density at radius 1 is 0.867 bits per heavy atom. The maximum absolute atomic E-state index is 14.3. The van der Waals surface area contributed by atoms with Gasteiger partial charge in [0.25, 0.3) is 11.5 Å². The number of rotatable bonds is 5. The number of amides is 1. The first-order valence-electron chi connectivity index (χ1n) is 9.02. The van der Waals surface area contributed by atoms with Gasteiger partial charge in [0.05, 0.1) is 0 Å². The van der Waals surface area contributed by atoms with E-state index < -0.39 is 17.7 Å². The van der Waals surface area contributed by atoms with Crippen LogP contribution in [0.25, 0.3) is 11.1 Å². The molecule has 0 fully saturated rings. The minimum absolute atomic E-state index is 0.260. The minimum Gasteiger partial charge on any atom is -0.356 e. The maximum atomic E-state index is 14.3. The van der Waals surface area contributed by atoms with E-state index in [4.69, 9.17) is 16.3 Å². The third-order valence-corrected chi connectivity index (χ3v) is 5.18. The molecule has 7 heteroatoms. The Kier molecular flexibility index (Phi) is 6.19. The fourth-order valence-corrected chi connectivity index (χ4v) is 3.40. The first-order chi connectivity index (χ1) is 14.2. The van der Waals surface area contributed by atoms with Crippen molar-refractivity contribution in [3.8, 4) is 11.1 Å². The van der Waals surface area contributed by atoms with Crippen LogP contribution in [-0.2, 0) is 15.1 Å². The largest absolute Gasteiger partial charge is 0.430 e. The lowest BCUT2D eigenvalue weighted by molar-refractivity contribution is -0.264. The fourth-order valence-electron chi connectivity index (χ4n) is 3.28. The van der Waals surface area contributed by atoms with E-state index in [2.05, 4.69) is 0 Å². The van der Waals surface area contributed by atoms with Crippen LogP contribution in [0.15, 0.2) is 78.9 Å². The van der Waals surface area contributed by atoms with Gasteiger partial charge in [-0.2, -0.15) is 13.2 Å². The Hall–Kier alpha value is -2.83. The number of methoxy groups -OCH3 is 1. The number of nitrogens with zero attached hydrogens (tertiary/aromatic N) is 1. The molecule has 0 bridgehead atoms. The number of benzene rings is 3. The van der Waals surface area contributed by atoms with Crippen molar-refractivity contribution in [1.82, 2.24) is 0 Å². The number of ether oxygens (including phenoxy) is 1. The van der Waals surface area contributed by atoms with Crippen LogP contribution in [0.3, 0.4) is 0 Å². The van der Waals surface area contributed by atoms with Crippen molar-refractivity contribution in [2.45, 2.75) is 11.8 Å². The second-order valence-corrected chi connectivity index (χ2v) is 7.10. The molecular formula is C23H19ClF3NO2. The SMILES string of the molecule is COC(C(=O)N(C)c1ccc(Cl)cc1)(c1ccc(-c2ccccc2)cc1)C(F)(F)F. The highest BCUT2D eigenvalue weighted by molar-refractivity contribution is 6.30. The third-order valence-electron chi connectivity index (χ3n) is 4.92. The summed E-state index contributed by atoms with van der Waals surface area (Å²) in [7, 11) is 2.15. The molecule has 0 saturated heterocycles. The number of hydrogen-bond acceptors (Lipinski definition) is 2. The number of anilines is 1. The molecule has 1 atom stereocenters. The van der Waals surface area contributed by atoms with E-state index in [0.717, 1.165) is 23.1 Å². The number of alkyl halides is 3. The van der Waals surface area contributed by atoms with Crippen LogP contribution in [0, 0.1) is 0 Å². The fraction of sp³-hybridized carbons (Fsp3) is 0.174. The highest BCUT2D eigenvalue weighted by atomic mass is 35.5. The van der Waals surface area contributed by atoms with Crippen LogP contribution in [0.2, 0.25) is 5.02 Å². The molecule has 1 amide bonds. The van der Waals surface area contributed by atoms with E-state index in [1.165, 1.54) is 43.4 Å². The first-order valence-corrected chi connectivity index (χ1v) is 9.40. The van der Waals surface area contributed by atoms with Gasteiger partial charge in [0.1, 0.15) is 0 Å². The van der Waals surface area contributed by atoms with E-state index in [1.807, 2.05) is 30.3 Å². The van der Waals surface area contributed by atoms with E-state index in [1.54, 1.807) is 12.1 Å². The van der Waals surface area contributed by atoms with Crippen LogP contribution in [0.1, 0.15) is 5.56 Å². The molecule has 3 aromatic carbocycles. The molecule has 156 valence electrons. The minimum atomic E-state index is -4.99. The predicted octanol–water partition coefficient (Wildman–Crippen LogP) is 6.07. The van der Waals surface area contributed by atoms with Crippen molar-refractivity contribution in [2.24, 2.45) is 0 Å². The van der Waals surface area contributed by atoms with Gasteiger partial charge in [-0.05, 0) is 35.4 Å². The summed E-state index contributed by atoms with van der Waals surface area (Å²) in [6.07, 6.45) is -4.99. The highest BCUT2D eigenvalue weighted by Gasteiger charge is 2.63. The molecule has 0 aliphatic rings. The smallest absolute Gasteiger partial charge is 0.356 e.